The number of hydrogen-bond donors (Lipinski definition) is 1. The normalized spacial score (nSPS) is 20.2. The molecule has 2 atom stereocenters. The summed E-state index contributed by atoms with van der Waals surface area (Å²) in [7, 11) is 0. The van der Waals surface area contributed by atoms with Crippen LogP contribution in [0, 0.1) is 5.92 Å². The number of thiophene rings is 1. The predicted octanol–water partition coefficient (Wildman–Crippen LogP) is 5.09. The van der Waals surface area contributed by atoms with Crippen LogP contribution in [0.4, 0.5) is 0 Å². The van der Waals surface area contributed by atoms with Crippen LogP contribution in [0.25, 0.3) is 0 Å². The Bertz CT molecular complexity index is 410. The first kappa shape index (κ1) is 15.9. The largest absolute Gasteiger partial charge is 0.357 e. The van der Waals surface area contributed by atoms with Gasteiger partial charge in [0.2, 0.25) is 0 Å². The number of nitrogens with one attached hydrogen (secondary N) is 1. The molecule has 0 aromatic carbocycles. The maximum atomic E-state index is 4.74. The van der Waals surface area contributed by atoms with Crippen LogP contribution in [0.2, 0.25) is 0 Å². The molecular formula is C16H26N2S2. The van der Waals surface area contributed by atoms with E-state index < -0.39 is 0 Å². The molecule has 1 aromatic heterocycles. The second-order valence-corrected chi connectivity index (χ2v) is 7.59. The lowest BCUT2D eigenvalue weighted by Crippen LogP contribution is -2.25. The van der Waals surface area contributed by atoms with Crippen molar-refractivity contribution < 1.29 is 0 Å². The summed E-state index contributed by atoms with van der Waals surface area (Å²) in [6.07, 6.45) is 4.90. The number of aliphatic imine (C=N–C) groups is 1. The summed E-state index contributed by atoms with van der Waals surface area (Å²) < 4.78 is 0. The quantitative estimate of drug-likeness (QED) is 0.759. The van der Waals surface area contributed by atoms with Crippen LogP contribution in [-0.2, 0) is 0 Å². The van der Waals surface area contributed by atoms with Gasteiger partial charge >= 0.3 is 0 Å². The van der Waals surface area contributed by atoms with Crippen molar-refractivity contribution in [2.24, 2.45) is 10.9 Å². The average Bonchev–Trinajstić information content (AvgIpc) is 3.11. The van der Waals surface area contributed by atoms with E-state index in [9.17, 15) is 0 Å². The van der Waals surface area contributed by atoms with Gasteiger partial charge in [-0.2, -0.15) is 0 Å². The van der Waals surface area contributed by atoms with E-state index in [1.165, 1.54) is 30.6 Å². The van der Waals surface area contributed by atoms with Gasteiger partial charge in [-0.15, -0.1) is 11.3 Å². The van der Waals surface area contributed by atoms with Gasteiger partial charge in [-0.05, 0) is 23.8 Å². The maximum Gasteiger partial charge on any atom is 0.157 e. The number of nitrogens with zero attached hydrogens (tertiary/aromatic N) is 1. The van der Waals surface area contributed by atoms with Crippen molar-refractivity contribution in [2.75, 3.05) is 6.54 Å². The molecule has 0 aliphatic carbocycles. The lowest BCUT2D eigenvalue weighted by molar-refractivity contribution is 0.479. The second-order valence-electron chi connectivity index (χ2n) is 5.38. The van der Waals surface area contributed by atoms with Crippen LogP contribution >= 0.6 is 23.1 Å². The fourth-order valence-corrected chi connectivity index (χ4v) is 4.93. The van der Waals surface area contributed by atoms with Crippen LogP contribution in [0.15, 0.2) is 22.5 Å². The first-order valence-electron chi connectivity index (χ1n) is 7.79. The number of amidine groups is 1. The third-order valence-electron chi connectivity index (χ3n) is 4.01. The van der Waals surface area contributed by atoms with E-state index in [1.807, 2.05) is 23.1 Å². The van der Waals surface area contributed by atoms with Crippen LogP contribution < -0.4 is 5.32 Å². The third kappa shape index (κ3) is 4.01. The fourth-order valence-electron chi connectivity index (χ4n) is 2.74. The van der Waals surface area contributed by atoms with E-state index in [1.54, 1.807) is 0 Å². The lowest BCUT2D eigenvalue weighted by atomic mass is 9.99. The maximum absolute atomic E-state index is 4.74. The molecule has 0 radical (unpaired) electrons. The van der Waals surface area contributed by atoms with Gasteiger partial charge in [-0.3, -0.25) is 4.99 Å². The Hall–Kier alpha value is -0.480. The van der Waals surface area contributed by atoms with Gasteiger partial charge in [-0.25, -0.2) is 0 Å². The Morgan fingerprint density at radius 2 is 2.15 bits per heavy atom. The summed E-state index contributed by atoms with van der Waals surface area (Å²) in [5, 5.41) is 7.68. The van der Waals surface area contributed by atoms with Crippen molar-refractivity contribution in [3.05, 3.63) is 22.4 Å². The zero-order chi connectivity index (χ0) is 14.4. The van der Waals surface area contributed by atoms with Crippen molar-refractivity contribution in [3.8, 4) is 0 Å². The van der Waals surface area contributed by atoms with E-state index in [2.05, 4.69) is 43.6 Å². The molecule has 0 saturated carbocycles. The SMILES string of the molecule is CCCC(NC1=NCC(C(CC)CC)S1)c1cccs1. The molecule has 1 aliphatic heterocycles. The number of thioether (sulfide) groups is 1. The molecule has 0 saturated heterocycles. The predicted molar refractivity (Wildman–Crippen MR) is 92.9 cm³/mol. The van der Waals surface area contributed by atoms with Gasteiger partial charge in [0.15, 0.2) is 5.17 Å². The second kappa shape index (κ2) is 8.08. The minimum absolute atomic E-state index is 0.437. The summed E-state index contributed by atoms with van der Waals surface area (Å²) in [6, 6.07) is 4.81. The molecule has 2 rings (SSSR count). The van der Waals surface area contributed by atoms with Gasteiger partial charge in [0.25, 0.3) is 0 Å². The van der Waals surface area contributed by atoms with Crippen molar-refractivity contribution >= 4 is 28.3 Å². The number of rotatable bonds is 7. The summed E-state index contributed by atoms with van der Waals surface area (Å²) >= 11 is 3.81. The monoisotopic (exact) mass is 310 g/mol. The van der Waals surface area contributed by atoms with E-state index in [0.29, 0.717) is 11.3 Å². The minimum atomic E-state index is 0.437. The van der Waals surface area contributed by atoms with Crippen LogP contribution in [-0.4, -0.2) is 17.0 Å². The lowest BCUT2D eigenvalue weighted by Gasteiger charge is -2.21. The summed E-state index contributed by atoms with van der Waals surface area (Å²) in [6.45, 7) is 7.83. The fraction of sp³-hybridized carbons (Fsp3) is 0.688. The van der Waals surface area contributed by atoms with E-state index in [-0.39, 0.29) is 0 Å². The van der Waals surface area contributed by atoms with Gasteiger partial charge < -0.3 is 5.32 Å². The molecule has 0 fully saturated rings. The summed E-state index contributed by atoms with van der Waals surface area (Å²) in [5.41, 5.74) is 0. The molecule has 2 heterocycles. The van der Waals surface area contributed by atoms with E-state index >= 15 is 0 Å². The molecule has 112 valence electrons. The molecule has 20 heavy (non-hydrogen) atoms. The number of hydrogen-bond acceptors (Lipinski definition) is 4. The van der Waals surface area contributed by atoms with Crippen LogP contribution in [0.3, 0.4) is 0 Å². The molecule has 0 bridgehead atoms. The molecule has 2 unspecified atom stereocenters. The Labute approximate surface area is 131 Å². The molecule has 1 aromatic rings. The van der Waals surface area contributed by atoms with Crippen molar-refractivity contribution in [1.29, 1.82) is 0 Å². The highest BCUT2D eigenvalue weighted by atomic mass is 32.2. The van der Waals surface area contributed by atoms with Crippen molar-refractivity contribution in [3.63, 3.8) is 0 Å². The average molecular weight is 311 g/mol. The highest BCUT2D eigenvalue weighted by Gasteiger charge is 2.27. The molecule has 1 aliphatic rings. The summed E-state index contributed by atoms with van der Waals surface area (Å²) in [5.74, 6) is 0.800. The molecule has 2 nitrogen and oxygen atoms in total. The van der Waals surface area contributed by atoms with Gasteiger partial charge in [0, 0.05) is 10.1 Å². The Balaban J connectivity index is 1.92. The molecular weight excluding hydrogens is 284 g/mol. The molecule has 0 spiro atoms. The topological polar surface area (TPSA) is 24.4 Å². The zero-order valence-electron chi connectivity index (χ0n) is 12.8. The third-order valence-corrected chi connectivity index (χ3v) is 6.31. The molecule has 1 N–H and O–H groups in total. The Morgan fingerprint density at radius 1 is 1.35 bits per heavy atom. The molecule has 4 heteroatoms. The van der Waals surface area contributed by atoms with Gasteiger partial charge in [0.05, 0.1) is 12.6 Å². The Morgan fingerprint density at radius 3 is 2.75 bits per heavy atom. The van der Waals surface area contributed by atoms with E-state index in [0.717, 1.165) is 17.6 Å². The van der Waals surface area contributed by atoms with Crippen molar-refractivity contribution in [2.45, 2.75) is 57.7 Å². The highest BCUT2D eigenvalue weighted by molar-refractivity contribution is 8.14. The van der Waals surface area contributed by atoms with Crippen LogP contribution in [0.5, 0.6) is 0 Å². The standard InChI is InChI=1S/C16H26N2S2/c1-4-8-13(14-9-7-10-19-14)18-16-17-11-15(20-16)12(5-2)6-3/h7,9-10,12-13,15H,4-6,8,11H2,1-3H3,(H,17,18). The van der Waals surface area contributed by atoms with Gasteiger partial charge in [-0.1, -0.05) is 57.9 Å². The highest BCUT2D eigenvalue weighted by Crippen LogP contribution is 2.32. The minimum Gasteiger partial charge on any atom is -0.357 e. The van der Waals surface area contributed by atoms with Crippen LogP contribution in [0.1, 0.15) is 57.4 Å². The smallest absolute Gasteiger partial charge is 0.157 e. The first-order chi connectivity index (χ1) is 9.78. The first-order valence-corrected chi connectivity index (χ1v) is 9.55. The molecule has 0 amide bonds. The van der Waals surface area contributed by atoms with Gasteiger partial charge in [0.1, 0.15) is 0 Å². The Kier molecular flexibility index (Phi) is 6.43. The van der Waals surface area contributed by atoms with E-state index in [4.69, 9.17) is 4.99 Å². The zero-order valence-corrected chi connectivity index (χ0v) is 14.4. The van der Waals surface area contributed by atoms with Crippen molar-refractivity contribution in [1.82, 2.24) is 5.32 Å². The summed E-state index contributed by atoms with van der Waals surface area (Å²) in [4.78, 5) is 6.17.